The zero-order chi connectivity index (χ0) is 21.4. The molecule has 2 amide bonds. The van der Waals surface area contributed by atoms with Gasteiger partial charge in [0.25, 0.3) is 0 Å². The number of aromatic nitrogens is 2. The summed E-state index contributed by atoms with van der Waals surface area (Å²) in [7, 11) is 2.07. The van der Waals surface area contributed by atoms with Crippen LogP contribution in [0.15, 0.2) is 55.0 Å². The van der Waals surface area contributed by atoms with Crippen molar-refractivity contribution in [2.45, 2.75) is 6.04 Å². The van der Waals surface area contributed by atoms with Crippen LogP contribution in [0.3, 0.4) is 0 Å². The van der Waals surface area contributed by atoms with Gasteiger partial charge in [-0.2, -0.15) is 0 Å². The van der Waals surface area contributed by atoms with Crippen molar-refractivity contribution in [3.05, 3.63) is 66.4 Å². The molecule has 5 rings (SSSR count). The van der Waals surface area contributed by atoms with Crippen molar-refractivity contribution in [3.63, 3.8) is 0 Å². The van der Waals surface area contributed by atoms with Crippen LogP contribution in [0, 0.1) is 5.82 Å². The van der Waals surface area contributed by atoms with E-state index in [1.54, 1.807) is 18.5 Å². The summed E-state index contributed by atoms with van der Waals surface area (Å²) in [6.07, 6.45) is 3.62. The Bertz CT molecular complexity index is 1100. The summed E-state index contributed by atoms with van der Waals surface area (Å²) in [6, 6.07) is 12.6. The Hall–Kier alpha value is -3.39. The van der Waals surface area contributed by atoms with E-state index in [0.717, 1.165) is 43.0 Å². The lowest BCUT2D eigenvalue weighted by molar-refractivity contribution is 0.251. The number of carbonyl (C=O) groups is 1. The number of rotatable bonds is 4. The first-order valence-corrected chi connectivity index (χ1v) is 10.5. The first-order chi connectivity index (χ1) is 15.1. The third-order valence-electron chi connectivity index (χ3n) is 6.10. The summed E-state index contributed by atoms with van der Waals surface area (Å²) in [5.41, 5.74) is 4.35. The molecule has 2 N–H and O–H groups in total. The number of amides is 2. The van der Waals surface area contributed by atoms with Gasteiger partial charge in [-0.05, 0) is 30.8 Å². The van der Waals surface area contributed by atoms with Gasteiger partial charge < -0.3 is 25.0 Å². The van der Waals surface area contributed by atoms with Crippen LogP contribution in [0.25, 0.3) is 11.3 Å². The number of likely N-dealkylation sites (N-methyl/N-ethyl adjacent to an activating group) is 1. The zero-order valence-corrected chi connectivity index (χ0v) is 17.4. The summed E-state index contributed by atoms with van der Waals surface area (Å²) in [4.78, 5) is 21.0. The number of imidazole rings is 1. The fourth-order valence-electron chi connectivity index (χ4n) is 4.39. The Morgan fingerprint density at radius 2 is 1.97 bits per heavy atom. The van der Waals surface area contributed by atoms with Gasteiger partial charge in [-0.1, -0.05) is 24.3 Å². The fraction of sp³-hybridized carbons (Fsp3) is 0.304. The van der Waals surface area contributed by atoms with E-state index >= 15 is 0 Å². The van der Waals surface area contributed by atoms with E-state index in [1.807, 2.05) is 23.2 Å². The van der Waals surface area contributed by atoms with E-state index in [2.05, 4.69) is 44.3 Å². The topological polar surface area (TPSA) is 65.4 Å². The molecule has 0 radical (unpaired) electrons. The Kier molecular flexibility index (Phi) is 5.07. The lowest BCUT2D eigenvalue weighted by Gasteiger charge is -2.34. The van der Waals surface area contributed by atoms with Crippen molar-refractivity contribution in [3.8, 4) is 11.3 Å². The molecule has 7 nitrogen and oxygen atoms in total. The van der Waals surface area contributed by atoms with Gasteiger partial charge in [0.1, 0.15) is 5.82 Å². The molecular formula is C23H25FN6O. The first-order valence-electron chi connectivity index (χ1n) is 10.5. The van der Waals surface area contributed by atoms with E-state index in [4.69, 9.17) is 0 Å². The number of hydrogen-bond acceptors (Lipinski definition) is 4. The Balaban J connectivity index is 1.22. The average Bonchev–Trinajstić information content (AvgIpc) is 3.35. The summed E-state index contributed by atoms with van der Waals surface area (Å²) >= 11 is 0. The molecule has 0 bridgehead atoms. The molecule has 1 unspecified atom stereocenters. The molecule has 0 saturated carbocycles. The molecule has 1 saturated heterocycles. The Labute approximate surface area is 180 Å². The smallest absolute Gasteiger partial charge is 0.319 e. The molecule has 1 aromatic heterocycles. The number of anilines is 2. The predicted octanol–water partition coefficient (Wildman–Crippen LogP) is 3.17. The van der Waals surface area contributed by atoms with Crippen LogP contribution in [0.1, 0.15) is 11.6 Å². The van der Waals surface area contributed by atoms with Gasteiger partial charge in [0, 0.05) is 44.0 Å². The van der Waals surface area contributed by atoms with Crippen LogP contribution in [0.2, 0.25) is 0 Å². The van der Waals surface area contributed by atoms with Crippen LogP contribution >= 0.6 is 0 Å². The third kappa shape index (κ3) is 3.74. The molecule has 3 aromatic rings. The van der Waals surface area contributed by atoms with Crippen molar-refractivity contribution >= 4 is 17.4 Å². The summed E-state index contributed by atoms with van der Waals surface area (Å²) in [5, 5.41) is 5.65. The fourth-order valence-corrected chi connectivity index (χ4v) is 4.39. The number of carbonyl (C=O) groups excluding carboxylic acids is 1. The Morgan fingerprint density at radius 3 is 2.77 bits per heavy atom. The summed E-state index contributed by atoms with van der Waals surface area (Å²) in [6.45, 7) is 3.81. The number of nitrogens with one attached hydrogen (secondary N) is 2. The van der Waals surface area contributed by atoms with E-state index in [1.165, 1.54) is 6.07 Å². The van der Waals surface area contributed by atoms with Crippen LogP contribution in [-0.4, -0.2) is 60.3 Å². The monoisotopic (exact) mass is 420 g/mol. The van der Waals surface area contributed by atoms with E-state index in [0.29, 0.717) is 17.9 Å². The largest absolute Gasteiger partial charge is 0.367 e. The molecule has 3 heterocycles. The SMILES string of the molecule is CN1CCN(c2ccc(NC(=O)NCC3c4ccccc4-c4cncn43)cc2F)CC1. The quantitative estimate of drug-likeness (QED) is 0.681. The maximum absolute atomic E-state index is 14.7. The van der Waals surface area contributed by atoms with Gasteiger partial charge >= 0.3 is 6.03 Å². The highest BCUT2D eigenvalue weighted by Gasteiger charge is 2.28. The third-order valence-corrected chi connectivity index (χ3v) is 6.10. The van der Waals surface area contributed by atoms with E-state index < -0.39 is 0 Å². The molecular weight excluding hydrogens is 395 g/mol. The minimum atomic E-state index is -0.363. The van der Waals surface area contributed by atoms with E-state index in [-0.39, 0.29) is 17.9 Å². The van der Waals surface area contributed by atoms with E-state index in [9.17, 15) is 9.18 Å². The Morgan fingerprint density at radius 1 is 1.16 bits per heavy atom. The second-order valence-electron chi connectivity index (χ2n) is 8.08. The van der Waals surface area contributed by atoms with Crippen molar-refractivity contribution in [1.82, 2.24) is 19.8 Å². The molecule has 1 fully saturated rings. The van der Waals surface area contributed by atoms with Gasteiger partial charge in [-0.25, -0.2) is 14.2 Å². The maximum atomic E-state index is 14.7. The van der Waals surface area contributed by atoms with Crippen LogP contribution < -0.4 is 15.5 Å². The number of fused-ring (bicyclic) bond motifs is 3. The number of benzene rings is 2. The maximum Gasteiger partial charge on any atom is 0.319 e. The highest BCUT2D eigenvalue weighted by atomic mass is 19.1. The van der Waals surface area contributed by atoms with Gasteiger partial charge in [0.05, 0.1) is 29.9 Å². The molecule has 31 heavy (non-hydrogen) atoms. The average molecular weight is 420 g/mol. The predicted molar refractivity (Wildman–Crippen MR) is 119 cm³/mol. The molecule has 2 aromatic carbocycles. The van der Waals surface area contributed by atoms with Gasteiger partial charge in [-0.3, -0.25) is 0 Å². The minimum Gasteiger partial charge on any atom is -0.367 e. The number of piperazine rings is 1. The van der Waals surface area contributed by atoms with Crippen molar-refractivity contribution < 1.29 is 9.18 Å². The van der Waals surface area contributed by atoms with Crippen LogP contribution in [-0.2, 0) is 0 Å². The number of hydrogen-bond donors (Lipinski definition) is 2. The van der Waals surface area contributed by atoms with Gasteiger partial charge in [0.15, 0.2) is 0 Å². The summed E-state index contributed by atoms with van der Waals surface area (Å²) in [5.74, 6) is -0.324. The van der Waals surface area contributed by atoms with Crippen molar-refractivity contribution in [2.75, 3.05) is 50.0 Å². The minimum absolute atomic E-state index is 0.0178. The summed E-state index contributed by atoms with van der Waals surface area (Å²) < 4.78 is 16.7. The van der Waals surface area contributed by atoms with Crippen LogP contribution in [0.4, 0.5) is 20.6 Å². The second kappa shape index (κ2) is 8.03. The highest BCUT2D eigenvalue weighted by molar-refractivity contribution is 5.89. The molecule has 2 aliphatic heterocycles. The second-order valence-corrected chi connectivity index (χ2v) is 8.08. The molecule has 2 aliphatic rings. The highest BCUT2D eigenvalue weighted by Crippen LogP contribution is 2.38. The lowest BCUT2D eigenvalue weighted by atomic mass is 10.0. The van der Waals surface area contributed by atoms with Gasteiger partial charge in [-0.15, -0.1) is 0 Å². The number of urea groups is 1. The molecule has 0 spiro atoms. The number of nitrogens with zero attached hydrogens (tertiary/aromatic N) is 4. The first kappa shape index (κ1) is 19.6. The van der Waals surface area contributed by atoms with Crippen molar-refractivity contribution in [2.24, 2.45) is 0 Å². The molecule has 1 atom stereocenters. The lowest BCUT2D eigenvalue weighted by Crippen LogP contribution is -2.44. The van der Waals surface area contributed by atoms with Gasteiger partial charge in [0.2, 0.25) is 0 Å². The standard InChI is InChI=1S/C23H25FN6O/c1-28-8-10-29(11-9-28)20-7-6-16(12-19(20)24)27-23(31)26-14-22-18-5-3-2-4-17(18)21-13-25-15-30(21)22/h2-7,12-13,15,22H,8-11,14H2,1H3,(H2,26,27,31). The molecule has 160 valence electrons. The van der Waals surface area contributed by atoms with Crippen LogP contribution in [0.5, 0.6) is 0 Å². The normalized spacial score (nSPS) is 17.9. The molecule has 0 aliphatic carbocycles. The van der Waals surface area contributed by atoms with Crippen molar-refractivity contribution in [1.29, 1.82) is 0 Å². The zero-order valence-electron chi connectivity index (χ0n) is 17.4. The number of halogens is 1. The molecule has 8 heteroatoms.